The maximum absolute atomic E-state index is 11.4. The first-order valence-corrected chi connectivity index (χ1v) is 11.2. The van der Waals surface area contributed by atoms with E-state index < -0.39 is 5.97 Å². The van der Waals surface area contributed by atoms with Gasteiger partial charge in [0.15, 0.2) is 17.3 Å². The van der Waals surface area contributed by atoms with Gasteiger partial charge in [-0.2, -0.15) is 5.10 Å². The standard InChI is InChI=1S/C24H28BrN3O4/c1-16(29)32-20-10-6-9-19(30-5)22(20)31-13-7-8-17-15-28(27-23(17)24(2,3)4)21-12-11-18(25)14-26-21/h6,9-12,14-15H,7-8,13H2,1-5H3. The minimum Gasteiger partial charge on any atom is -0.493 e. The average Bonchev–Trinajstić information content (AvgIpc) is 3.16. The maximum atomic E-state index is 11.4. The second-order valence-electron chi connectivity index (χ2n) is 8.37. The van der Waals surface area contributed by atoms with E-state index in [2.05, 4.69) is 41.7 Å². The lowest BCUT2D eigenvalue weighted by atomic mass is 9.88. The average molecular weight is 502 g/mol. The molecule has 0 radical (unpaired) electrons. The van der Waals surface area contributed by atoms with Crippen LogP contribution in [0, 0.1) is 0 Å². The molecule has 1 aromatic carbocycles. The lowest BCUT2D eigenvalue weighted by Gasteiger charge is -2.18. The molecule has 8 heteroatoms. The zero-order valence-electron chi connectivity index (χ0n) is 19.0. The molecule has 0 N–H and O–H groups in total. The Bertz CT molecular complexity index is 1070. The van der Waals surface area contributed by atoms with Crippen molar-refractivity contribution in [2.24, 2.45) is 0 Å². The van der Waals surface area contributed by atoms with E-state index in [4.69, 9.17) is 19.3 Å². The quantitative estimate of drug-likeness (QED) is 0.237. The Morgan fingerprint density at radius 2 is 1.91 bits per heavy atom. The summed E-state index contributed by atoms with van der Waals surface area (Å²) < 4.78 is 19.3. The van der Waals surface area contributed by atoms with Gasteiger partial charge in [0.2, 0.25) is 5.75 Å². The Hall–Kier alpha value is -2.87. The lowest BCUT2D eigenvalue weighted by molar-refractivity contribution is -0.132. The number of ether oxygens (including phenoxy) is 3. The number of hydrogen-bond donors (Lipinski definition) is 0. The highest BCUT2D eigenvalue weighted by Crippen LogP contribution is 2.37. The van der Waals surface area contributed by atoms with E-state index in [1.807, 2.05) is 23.0 Å². The third kappa shape index (κ3) is 5.88. The number of benzene rings is 1. The van der Waals surface area contributed by atoms with Crippen LogP contribution in [0.2, 0.25) is 0 Å². The first-order chi connectivity index (χ1) is 15.2. The summed E-state index contributed by atoms with van der Waals surface area (Å²) in [6.45, 7) is 8.23. The van der Waals surface area contributed by atoms with Crippen molar-refractivity contribution in [1.82, 2.24) is 14.8 Å². The fourth-order valence-corrected chi connectivity index (χ4v) is 3.55. The van der Waals surface area contributed by atoms with Gasteiger partial charge in [-0.25, -0.2) is 9.67 Å². The second kappa shape index (κ2) is 10.2. The van der Waals surface area contributed by atoms with E-state index in [0.29, 0.717) is 23.9 Å². The predicted molar refractivity (Wildman–Crippen MR) is 126 cm³/mol. The van der Waals surface area contributed by atoms with Gasteiger partial charge >= 0.3 is 5.97 Å². The molecule has 0 fully saturated rings. The van der Waals surface area contributed by atoms with Crippen LogP contribution in [0.1, 0.15) is 45.4 Å². The Labute approximate surface area is 196 Å². The van der Waals surface area contributed by atoms with Gasteiger partial charge < -0.3 is 14.2 Å². The molecule has 0 bridgehead atoms. The zero-order chi connectivity index (χ0) is 23.3. The van der Waals surface area contributed by atoms with Crippen LogP contribution in [0.5, 0.6) is 17.2 Å². The minimum absolute atomic E-state index is 0.109. The number of aromatic nitrogens is 3. The third-order valence-electron chi connectivity index (χ3n) is 4.70. The monoisotopic (exact) mass is 501 g/mol. The Balaban J connectivity index is 1.74. The van der Waals surface area contributed by atoms with Crippen molar-refractivity contribution in [3.05, 3.63) is 58.5 Å². The lowest BCUT2D eigenvalue weighted by Crippen LogP contribution is -2.15. The maximum Gasteiger partial charge on any atom is 0.308 e. The Morgan fingerprint density at radius 3 is 2.53 bits per heavy atom. The molecule has 3 rings (SSSR count). The number of carbonyl (C=O) groups is 1. The summed E-state index contributed by atoms with van der Waals surface area (Å²) in [7, 11) is 1.56. The number of esters is 1. The van der Waals surface area contributed by atoms with Gasteiger partial charge in [-0.1, -0.05) is 26.8 Å². The van der Waals surface area contributed by atoms with E-state index in [1.54, 1.807) is 31.5 Å². The van der Waals surface area contributed by atoms with E-state index in [-0.39, 0.29) is 5.41 Å². The second-order valence-corrected chi connectivity index (χ2v) is 9.28. The van der Waals surface area contributed by atoms with Gasteiger partial charge in [-0.3, -0.25) is 4.79 Å². The smallest absolute Gasteiger partial charge is 0.308 e. The minimum atomic E-state index is -0.410. The van der Waals surface area contributed by atoms with E-state index in [0.717, 1.165) is 34.4 Å². The van der Waals surface area contributed by atoms with Crippen molar-refractivity contribution in [2.45, 2.75) is 46.0 Å². The Kier molecular flexibility index (Phi) is 7.56. The molecule has 0 saturated carbocycles. The van der Waals surface area contributed by atoms with Gasteiger partial charge in [-0.05, 0) is 58.6 Å². The molecule has 2 heterocycles. The highest BCUT2D eigenvalue weighted by atomic mass is 79.9. The van der Waals surface area contributed by atoms with Crippen molar-refractivity contribution in [3.63, 3.8) is 0 Å². The van der Waals surface area contributed by atoms with Gasteiger partial charge in [0, 0.05) is 29.2 Å². The fourth-order valence-electron chi connectivity index (χ4n) is 3.32. The molecule has 2 aromatic heterocycles. The number of para-hydroxylation sites is 1. The largest absolute Gasteiger partial charge is 0.493 e. The van der Waals surface area contributed by atoms with Crippen LogP contribution in [0.3, 0.4) is 0 Å². The number of halogens is 1. The number of nitrogens with zero attached hydrogens (tertiary/aromatic N) is 3. The van der Waals surface area contributed by atoms with Gasteiger partial charge in [-0.15, -0.1) is 0 Å². The van der Waals surface area contributed by atoms with Crippen molar-refractivity contribution in [3.8, 4) is 23.1 Å². The van der Waals surface area contributed by atoms with Crippen molar-refractivity contribution in [1.29, 1.82) is 0 Å². The summed E-state index contributed by atoms with van der Waals surface area (Å²) in [6, 6.07) is 9.09. The summed E-state index contributed by atoms with van der Waals surface area (Å²) in [5.41, 5.74) is 2.06. The Morgan fingerprint density at radius 1 is 1.16 bits per heavy atom. The predicted octanol–water partition coefficient (Wildman–Crippen LogP) is 5.27. The molecule has 0 aliphatic carbocycles. The SMILES string of the molecule is COc1cccc(OC(C)=O)c1OCCCc1cn(-c2ccc(Br)cn2)nc1C(C)(C)C. The van der Waals surface area contributed by atoms with Crippen LogP contribution in [-0.2, 0) is 16.6 Å². The molecule has 0 atom stereocenters. The van der Waals surface area contributed by atoms with Crippen molar-refractivity contribution >= 4 is 21.9 Å². The molecule has 0 aliphatic heterocycles. The van der Waals surface area contributed by atoms with Crippen LogP contribution < -0.4 is 14.2 Å². The van der Waals surface area contributed by atoms with Crippen LogP contribution >= 0.6 is 15.9 Å². The van der Waals surface area contributed by atoms with Crippen LogP contribution in [0.25, 0.3) is 5.82 Å². The molecular formula is C24H28BrN3O4. The molecule has 0 saturated heterocycles. The number of methoxy groups -OCH3 is 1. The topological polar surface area (TPSA) is 75.5 Å². The number of aryl methyl sites for hydroxylation is 1. The number of pyridine rings is 1. The molecule has 7 nitrogen and oxygen atoms in total. The molecule has 170 valence electrons. The first kappa shape index (κ1) is 23.8. The van der Waals surface area contributed by atoms with Crippen molar-refractivity contribution in [2.75, 3.05) is 13.7 Å². The summed E-state index contributed by atoms with van der Waals surface area (Å²) in [6.07, 6.45) is 5.32. The van der Waals surface area contributed by atoms with Gasteiger partial charge in [0.05, 0.1) is 19.4 Å². The molecule has 0 aliphatic rings. The first-order valence-electron chi connectivity index (χ1n) is 10.4. The molecule has 0 amide bonds. The van der Waals surface area contributed by atoms with E-state index >= 15 is 0 Å². The third-order valence-corrected chi connectivity index (χ3v) is 5.17. The van der Waals surface area contributed by atoms with Crippen LogP contribution in [-0.4, -0.2) is 34.5 Å². The number of carbonyl (C=O) groups excluding carboxylic acids is 1. The molecule has 32 heavy (non-hydrogen) atoms. The normalized spacial score (nSPS) is 11.3. The summed E-state index contributed by atoms with van der Waals surface area (Å²) in [4.78, 5) is 15.9. The number of hydrogen-bond acceptors (Lipinski definition) is 6. The summed E-state index contributed by atoms with van der Waals surface area (Å²) in [5.74, 6) is 1.65. The van der Waals surface area contributed by atoms with E-state index in [9.17, 15) is 4.79 Å². The fraction of sp³-hybridized carbons (Fsp3) is 0.375. The highest BCUT2D eigenvalue weighted by molar-refractivity contribution is 9.10. The zero-order valence-corrected chi connectivity index (χ0v) is 20.6. The highest BCUT2D eigenvalue weighted by Gasteiger charge is 2.23. The summed E-state index contributed by atoms with van der Waals surface area (Å²) in [5, 5.41) is 4.81. The van der Waals surface area contributed by atoms with Crippen LogP contribution in [0.4, 0.5) is 0 Å². The molecule has 3 aromatic rings. The number of rotatable bonds is 8. The van der Waals surface area contributed by atoms with E-state index in [1.165, 1.54) is 6.92 Å². The van der Waals surface area contributed by atoms with Crippen LogP contribution in [0.15, 0.2) is 47.2 Å². The van der Waals surface area contributed by atoms with Gasteiger partial charge in [0.1, 0.15) is 0 Å². The summed E-state index contributed by atoms with van der Waals surface area (Å²) >= 11 is 3.42. The van der Waals surface area contributed by atoms with Crippen molar-refractivity contribution < 1.29 is 19.0 Å². The van der Waals surface area contributed by atoms with Gasteiger partial charge in [0.25, 0.3) is 0 Å². The molecule has 0 unspecified atom stereocenters. The molecule has 0 spiro atoms. The molecular weight excluding hydrogens is 474 g/mol.